The second-order valence-electron chi connectivity index (χ2n) is 5.53. The summed E-state index contributed by atoms with van der Waals surface area (Å²) in [5, 5.41) is 0. The van der Waals surface area contributed by atoms with Crippen LogP contribution in [0, 0.1) is 18.7 Å². The smallest absolute Gasteiger partial charge is 0.123 e. The van der Waals surface area contributed by atoms with E-state index in [2.05, 4.69) is 11.5 Å². The van der Waals surface area contributed by atoms with Gasteiger partial charge in [-0.05, 0) is 48.2 Å². The number of aryl methyl sites for hydroxylation is 1. The minimum atomic E-state index is -0.225. The number of halogens is 1. The van der Waals surface area contributed by atoms with Crippen LogP contribution in [0.3, 0.4) is 0 Å². The van der Waals surface area contributed by atoms with Gasteiger partial charge in [0, 0.05) is 5.92 Å². The maximum atomic E-state index is 13.3. The van der Waals surface area contributed by atoms with Gasteiger partial charge in [-0.1, -0.05) is 24.3 Å². The molecule has 0 fully saturated rings. The van der Waals surface area contributed by atoms with Crippen LogP contribution in [0.4, 0.5) is 4.39 Å². The van der Waals surface area contributed by atoms with E-state index in [1.807, 2.05) is 25.1 Å². The van der Waals surface area contributed by atoms with Crippen LogP contribution in [0.5, 0.6) is 5.75 Å². The highest BCUT2D eigenvalue weighted by Crippen LogP contribution is 2.34. The third-order valence-electron chi connectivity index (χ3n) is 4.13. The lowest BCUT2D eigenvalue weighted by Crippen LogP contribution is -2.39. The molecule has 1 heterocycles. The third kappa shape index (κ3) is 2.77. The fourth-order valence-electron chi connectivity index (χ4n) is 3.03. The molecule has 0 bridgehead atoms. The molecular weight excluding hydrogens is 267 g/mol. The lowest BCUT2D eigenvalue weighted by molar-refractivity contribution is 0.184. The summed E-state index contributed by atoms with van der Waals surface area (Å²) in [5.74, 6) is 6.70. The molecule has 21 heavy (non-hydrogen) atoms. The van der Waals surface area contributed by atoms with Crippen molar-refractivity contribution in [2.75, 3.05) is 6.61 Å². The number of hydrogen-bond acceptors (Lipinski definition) is 3. The second-order valence-corrected chi connectivity index (χ2v) is 5.53. The zero-order valence-corrected chi connectivity index (χ0v) is 12.0. The minimum Gasteiger partial charge on any atom is -0.493 e. The molecule has 3 rings (SSSR count). The van der Waals surface area contributed by atoms with E-state index < -0.39 is 0 Å². The minimum absolute atomic E-state index is 0.0565. The van der Waals surface area contributed by atoms with Crippen LogP contribution in [-0.2, 0) is 6.42 Å². The average molecular weight is 286 g/mol. The molecule has 1 aliphatic rings. The largest absolute Gasteiger partial charge is 0.493 e. The van der Waals surface area contributed by atoms with Gasteiger partial charge in [0.15, 0.2) is 0 Å². The van der Waals surface area contributed by atoms with Gasteiger partial charge < -0.3 is 4.74 Å². The van der Waals surface area contributed by atoms with E-state index in [1.54, 1.807) is 6.07 Å². The van der Waals surface area contributed by atoms with Crippen LogP contribution in [0.25, 0.3) is 0 Å². The molecule has 2 unspecified atom stereocenters. The van der Waals surface area contributed by atoms with E-state index in [4.69, 9.17) is 10.6 Å². The topological polar surface area (TPSA) is 47.3 Å². The lowest BCUT2D eigenvalue weighted by atomic mass is 9.85. The standard InChI is InChI=1S/C17H19FN2O/c1-11-8-14(18)6-7-15(11)17(20-19)13-9-12-4-2-3-5-16(12)21-10-13/h2-8,13,17,20H,9-10,19H2,1H3. The summed E-state index contributed by atoms with van der Waals surface area (Å²) in [6.45, 7) is 2.50. The average Bonchev–Trinajstić information content (AvgIpc) is 2.50. The Morgan fingerprint density at radius 2 is 2.10 bits per heavy atom. The zero-order valence-electron chi connectivity index (χ0n) is 12.0. The quantitative estimate of drug-likeness (QED) is 0.674. The Labute approximate surface area is 123 Å². The van der Waals surface area contributed by atoms with Crippen molar-refractivity contribution >= 4 is 0 Å². The van der Waals surface area contributed by atoms with Crippen molar-refractivity contribution in [1.29, 1.82) is 0 Å². The summed E-state index contributed by atoms with van der Waals surface area (Å²) < 4.78 is 19.1. The molecule has 0 radical (unpaired) electrons. The molecule has 4 heteroatoms. The molecule has 3 N–H and O–H groups in total. The predicted octanol–water partition coefficient (Wildman–Crippen LogP) is 2.89. The number of benzene rings is 2. The van der Waals surface area contributed by atoms with Gasteiger partial charge in [-0.2, -0.15) is 0 Å². The summed E-state index contributed by atoms with van der Waals surface area (Å²) in [7, 11) is 0. The van der Waals surface area contributed by atoms with Gasteiger partial charge in [-0.25, -0.2) is 4.39 Å². The highest BCUT2D eigenvalue weighted by Gasteiger charge is 2.28. The predicted molar refractivity (Wildman–Crippen MR) is 80.3 cm³/mol. The Morgan fingerprint density at radius 3 is 2.86 bits per heavy atom. The normalized spacial score (nSPS) is 18.7. The van der Waals surface area contributed by atoms with Crippen LogP contribution in [0.1, 0.15) is 22.7 Å². The zero-order chi connectivity index (χ0) is 14.8. The monoisotopic (exact) mass is 286 g/mol. The second kappa shape index (κ2) is 5.84. The first-order chi connectivity index (χ1) is 10.2. The number of hydrogen-bond donors (Lipinski definition) is 2. The van der Waals surface area contributed by atoms with Crippen LogP contribution < -0.4 is 16.0 Å². The Hall–Kier alpha value is -1.91. The van der Waals surface area contributed by atoms with Crippen molar-refractivity contribution in [2.24, 2.45) is 11.8 Å². The molecule has 2 atom stereocenters. The van der Waals surface area contributed by atoms with Crippen molar-refractivity contribution in [1.82, 2.24) is 5.43 Å². The molecular formula is C17H19FN2O. The van der Waals surface area contributed by atoms with Gasteiger partial charge in [0.1, 0.15) is 11.6 Å². The summed E-state index contributed by atoms with van der Waals surface area (Å²) in [5.41, 5.74) is 5.99. The highest BCUT2D eigenvalue weighted by molar-refractivity contribution is 5.37. The van der Waals surface area contributed by atoms with E-state index in [0.717, 1.165) is 23.3 Å². The Bertz CT molecular complexity index is 644. The SMILES string of the molecule is Cc1cc(F)ccc1C(NN)C1COc2ccccc2C1. The van der Waals surface area contributed by atoms with Gasteiger partial charge in [0.25, 0.3) is 0 Å². The molecule has 0 amide bonds. The van der Waals surface area contributed by atoms with Crippen LogP contribution >= 0.6 is 0 Å². The molecule has 2 aromatic rings. The number of rotatable bonds is 3. The van der Waals surface area contributed by atoms with Crippen molar-refractivity contribution in [3.8, 4) is 5.75 Å². The Morgan fingerprint density at radius 1 is 1.29 bits per heavy atom. The summed E-state index contributed by atoms with van der Waals surface area (Å²) in [4.78, 5) is 0. The molecule has 1 aliphatic heterocycles. The van der Waals surface area contributed by atoms with Gasteiger partial charge >= 0.3 is 0 Å². The third-order valence-corrected chi connectivity index (χ3v) is 4.13. The van der Waals surface area contributed by atoms with Crippen molar-refractivity contribution in [3.05, 3.63) is 65.0 Å². The Balaban J connectivity index is 1.88. The first-order valence-electron chi connectivity index (χ1n) is 7.12. The van der Waals surface area contributed by atoms with Gasteiger partial charge in [-0.15, -0.1) is 0 Å². The molecule has 0 aliphatic carbocycles. The van der Waals surface area contributed by atoms with Gasteiger partial charge in [0.2, 0.25) is 0 Å². The molecule has 110 valence electrons. The number of nitrogens with one attached hydrogen (secondary N) is 1. The van der Waals surface area contributed by atoms with Crippen LogP contribution in [0.2, 0.25) is 0 Å². The number of ether oxygens (including phenoxy) is 1. The number of hydrazine groups is 1. The first kappa shape index (κ1) is 14.0. The Kier molecular flexibility index (Phi) is 3.90. The van der Waals surface area contributed by atoms with E-state index >= 15 is 0 Å². The molecule has 3 nitrogen and oxygen atoms in total. The van der Waals surface area contributed by atoms with Crippen molar-refractivity contribution < 1.29 is 9.13 Å². The fourth-order valence-corrected chi connectivity index (χ4v) is 3.03. The molecule has 0 saturated carbocycles. The molecule has 0 aromatic heterocycles. The van der Waals surface area contributed by atoms with E-state index in [1.165, 1.54) is 17.7 Å². The summed E-state index contributed by atoms with van der Waals surface area (Å²) in [6.07, 6.45) is 0.891. The van der Waals surface area contributed by atoms with E-state index in [0.29, 0.717) is 6.61 Å². The highest BCUT2D eigenvalue weighted by atomic mass is 19.1. The van der Waals surface area contributed by atoms with E-state index in [-0.39, 0.29) is 17.8 Å². The molecule has 2 aromatic carbocycles. The summed E-state index contributed by atoms with van der Waals surface area (Å²) in [6, 6.07) is 12.8. The van der Waals surface area contributed by atoms with E-state index in [9.17, 15) is 4.39 Å². The van der Waals surface area contributed by atoms with Crippen LogP contribution in [0.15, 0.2) is 42.5 Å². The molecule has 0 saturated heterocycles. The van der Waals surface area contributed by atoms with Gasteiger partial charge in [0.05, 0.1) is 12.6 Å². The number of fused-ring (bicyclic) bond motifs is 1. The van der Waals surface area contributed by atoms with Crippen molar-refractivity contribution in [2.45, 2.75) is 19.4 Å². The van der Waals surface area contributed by atoms with Gasteiger partial charge in [-0.3, -0.25) is 11.3 Å². The van der Waals surface area contributed by atoms with Crippen LogP contribution in [-0.4, -0.2) is 6.61 Å². The van der Waals surface area contributed by atoms with Crippen molar-refractivity contribution in [3.63, 3.8) is 0 Å². The summed E-state index contributed by atoms with van der Waals surface area (Å²) >= 11 is 0. The lowest BCUT2D eigenvalue weighted by Gasteiger charge is -2.32. The fraction of sp³-hybridized carbons (Fsp3) is 0.294. The first-order valence-corrected chi connectivity index (χ1v) is 7.12. The maximum Gasteiger partial charge on any atom is 0.123 e. The maximum absolute atomic E-state index is 13.3. The number of para-hydroxylation sites is 1. The molecule has 0 spiro atoms. The number of nitrogens with two attached hydrogens (primary N) is 1.